The summed E-state index contributed by atoms with van der Waals surface area (Å²) in [5.74, 6) is -0.487. The molecule has 4 N–H and O–H groups in total. The second kappa shape index (κ2) is 7.98. The van der Waals surface area contributed by atoms with Crippen LogP contribution in [0.4, 0.5) is 0 Å². The van der Waals surface area contributed by atoms with Crippen LogP contribution in [0.25, 0.3) is 0 Å². The molecule has 0 radical (unpaired) electrons. The fraction of sp³-hybridized carbons (Fsp3) is 0.625. The highest BCUT2D eigenvalue weighted by Gasteiger charge is 2.28. The monoisotopic (exact) mass is 309 g/mol. The van der Waals surface area contributed by atoms with Crippen LogP contribution in [-0.2, 0) is 4.79 Å². The molecule has 124 valence electrons. The Kier molecular flexibility index (Phi) is 6.61. The Hall–Kier alpha value is -1.82. The highest BCUT2D eigenvalue weighted by Crippen LogP contribution is 2.10. The molecule has 0 fully saturated rings. The van der Waals surface area contributed by atoms with Crippen LogP contribution >= 0.6 is 0 Å². The van der Waals surface area contributed by atoms with E-state index in [2.05, 4.69) is 10.6 Å². The Morgan fingerprint density at radius 1 is 1.32 bits per heavy atom. The number of hydrogen-bond acceptors (Lipinski definition) is 4. The first kappa shape index (κ1) is 18.2. The van der Waals surface area contributed by atoms with Crippen molar-refractivity contribution in [2.24, 2.45) is 11.7 Å². The molecule has 6 heteroatoms. The highest BCUT2D eigenvalue weighted by molar-refractivity contribution is 5.95. The number of carbonyl (C=O) groups excluding carboxylic acids is 2. The Balaban J connectivity index is 2.66. The van der Waals surface area contributed by atoms with Gasteiger partial charge in [0.05, 0.1) is 6.26 Å². The second-order valence-electron chi connectivity index (χ2n) is 5.96. The van der Waals surface area contributed by atoms with E-state index in [1.807, 2.05) is 27.7 Å². The molecule has 1 aromatic rings. The minimum absolute atomic E-state index is 0.0469. The Morgan fingerprint density at radius 2 is 1.95 bits per heavy atom. The predicted octanol–water partition coefficient (Wildman–Crippen LogP) is 1.67. The maximum atomic E-state index is 12.4. The van der Waals surface area contributed by atoms with Crippen molar-refractivity contribution in [3.05, 3.63) is 24.2 Å². The van der Waals surface area contributed by atoms with Gasteiger partial charge in [-0.15, -0.1) is 0 Å². The van der Waals surface area contributed by atoms with E-state index >= 15 is 0 Å². The zero-order valence-corrected chi connectivity index (χ0v) is 13.8. The van der Waals surface area contributed by atoms with Gasteiger partial charge in [0, 0.05) is 12.1 Å². The van der Waals surface area contributed by atoms with Crippen LogP contribution in [0.3, 0.4) is 0 Å². The highest BCUT2D eigenvalue weighted by atomic mass is 16.3. The molecule has 1 atom stereocenters. The SMILES string of the molecule is CCC(N)(CC)CNC(=O)C(NC(=O)c1ccco1)C(C)C. The first-order valence-corrected chi connectivity index (χ1v) is 7.74. The van der Waals surface area contributed by atoms with Crippen molar-refractivity contribution >= 4 is 11.8 Å². The molecule has 2 amide bonds. The molecule has 0 saturated carbocycles. The molecule has 1 unspecified atom stereocenters. The number of amides is 2. The summed E-state index contributed by atoms with van der Waals surface area (Å²) in [4.78, 5) is 24.4. The molecule has 0 spiro atoms. The third kappa shape index (κ3) is 4.87. The van der Waals surface area contributed by atoms with Crippen LogP contribution < -0.4 is 16.4 Å². The van der Waals surface area contributed by atoms with Crippen molar-refractivity contribution in [3.63, 3.8) is 0 Å². The van der Waals surface area contributed by atoms with Gasteiger partial charge in [0.2, 0.25) is 5.91 Å². The Morgan fingerprint density at radius 3 is 2.41 bits per heavy atom. The molecular weight excluding hydrogens is 282 g/mol. The van der Waals surface area contributed by atoms with E-state index in [9.17, 15) is 9.59 Å². The van der Waals surface area contributed by atoms with E-state index in [4.69, 9.17) is 10.2 Å². The summed E-state index contributed by atoms with van der Waals surface area (Å²) in [6, 6.07) is 2.56. The second-order valence-corrected chi connectivity index (χ2v) is 5.96. The van der Waals surface area contributed by atoms with Crippen LogP contribution in [0.5, 0.6) is 0 Å². The third-order valence-electron chi connectivity index (χ3n) is 4.00. The van der Waals surface area contributed by atoms with Crippen LogP contribution in [0.2, 0.25) is 0 Å². The van der Waals surface area contributed by atoms with E-state index in [-0.39, 0.29) is 17.6 Å². The van der Waals surface area contributed by atoms with E-state index in [1.54, 1.807) is 12.1 Å². The van der Waals surface area contributed by atoms with Crippen molar-refractivity contribution in [3.8, 4) is 0 Å². The van der Waals surface area contributed by atoms with Crippen molar-refractivity contribution in [2.45, 2.75) is 52.1 Å². The molecule has 0 aliphatic heterocycles. The molecule has 0 saturated heterocycles. The fourth-order valence-electron chi connectivity index (χ4n) is 2.03. The molecule has 22 heavy (non-hydrogen) atoms. The summed E-state index contributed by atoms with van der Waals surface area (Å²) in [6.45, 7) is 8.13. The van der Waals surface area contributed by atoms with Gasteiger partial charge >= 0.3 is 0 Å². The van der Waals surface area contributed by atoms with Crippen LogP contribution in [-0.4, -0.2) is 29.9 Å². The van der Waals surface area contributed by atoms with Gasteiger partial charge in [-0.05, 0) is 30.9 Å². The topological polar surface area (TPSA) is 97.4 Å². The molecule has 6 nitrogen and oxygen atoms in total. The van der Waals surface area contributed by atoms with Crippen molar-refractivity contribution in [1.29, 1.82) is 0 Å². The summed E-state index contributed by atoms with van der Waals surface area (Å²) in [7, 11) is 0. The van der Waals surface area contributed by atoms with E-state index < -0.39 is 17.5 Å². The Labute approximate surface area is 131 Å². The first-order valence-electron chi connectivity index (χ1n) is 7.74. The number of nitrogens with one attached hydrogen (secondary N) is 2. The van der Waals surface area contributed by atoms with Gasteiger partial charge in [-0.25, -0.2) is 0 Å². The smallest absolute Gasteiger partial charge is 0.287 e. The van der Waals surface area contributed by atoms with Crippen LogP contribution in [0.15, 0.2) is 22.8 Å². The average Bonchev–Trinajstić information content (AvgIpc) is 3.03. The first-order chi connectivity index (χ1) is 10.3. The van der Waals surface area contributed by atoms with Crippen molar-refractivity contribution in [2.75, 3.05) is 6.54 Å². The Bertz CT molecular complexity index is 479. The van der Waals surface area contributed by atoms with E-state index in [1.165, 1.54) is 6.26 Å². The van der Waals surface area contributed by atoms with Gasteiger partial charge < -0.3 is 20.8 Å². The molecular formula is C16H27N3O3. The molecule has 0 bridgehead atoms. The van der Waals surface area contributed by atoms with Crippen LogP contribution in [0.1, 0.15) is 51.1 Å². The normalized spacial score (nSPS) is 13.0. The number of rotatable bonds is 8. The minimum Gasteiger partial charge on any atom is -0.459 e. The van der Waals surface area contributed by atoms with Crippen LogP contribution in [0, 0.1) is 5.92 Å². The summed E-state index contributed by atoms with van der Waals surface area (Å²) in [5.41, 5.74) is 5.77. The standard InChI is InChI=1S/C16H27N3O3/c1-5-16(17,6-2)10-18-15(21)13(11(3)4)19-14(20)12-8-7-9-22-12/h7-9,11,13H,5-6,10,17H2,1-4H3,(H,18,21)(H,19,20). The molecule has 1 rings (SSSR count). The molecule has 0 aliphatic rings. The summed E-state index contributed by atoms with van der Waals surface area (Å²) in [5, 5.41) is 5.55. The number of furan rings is 1. The zero-order chi connectivity index (χ0) is 16.8. The lowest BCUT2D eigenvalue weighted by molar-refractivity contribution is -0.124. The summed E-state index contributed by atoms with van der Waals surface area (Å²) in [6.07, 6.45) is 2.97. The van der Waals surface area contributed by atoms with Gasteiger partial charge in [0.25, 0.3) is 5.91 Å². The van der Waals surface area contributed by atoms with Crippen molar-refractivity contribution < 1.29 is 14.0 Å². The summed E-state index contributed by atoms with van der Waals surface area (Å²) < 4.78 is 5.04. The number of carbonyl (C=O) groups is 2. The fourth-order valence-corrected chi connectivity index (χ4v) is 2.03. The molecule has 0 aromatic carbocycles. The summed E-state index contributed by atoms with van der Waals surface area (Å²) >= 11 is 0. The lowest BCUT2D eigenvalue weighted by atomic mass is 9.94. The molecule has 1 heterocycles. The third-order valence-corrected chi connectivity index (χ3v) is 4.00. The lowest BCUT2D eigenvalue weighted by Gasteiger charge is -2.29. The van der Waals surface area contributed by atoms with Gasteiger partial charge in [-0.1, -0.05) is 27.7 Å². The van der Waals surface area contributed by atoms with E-state index in [0.717, 1.165) is 12.8 Å². The van der Waals surface area contributed by atoms with Gasteiger partial charge in [-0.2, -0.15) is 0 Å². The van der Waals surface area contributed by atoms with Gasteiger partial charge in [-0.3, -0.25) is 9.59 Å². The number of nitrogens with two attached hydrogens (primary N) is 1. The average molecular weight is 309 g/mol. The van der Waals surface area contributed by atoms with Gasteiger partial charge in [0.1, 0.15) is 6.04 Å². The predicted molar refractivity (Wildman–Crippen MR) is 85.3 cm³/mol. The van der Waals surface area contributed by atoms with Gasteiger partial charge in [0.15, 0.2) is 5.76 Å². The lowest BCUT2D eigenvalue weighted by Crippen LogP contribution is -2.55. The number of hydrogen-bond donors (Lipinski definition) is 3. The van der Waals surface area contributed by atoms with E-state index in [0.29, 0.717) is 6.54 Å². The maximum Gasteiger partial charge on any atom is 0.287 e. The maximum absolute atomic E-state index is 12.4. The minimum atomic E-state index is -0.629. The van der Waals surface area contributed by atoms with Crippen molar-refractivity contribution in [1.82, 2.24) is 10.6 Å². The molecule has 1 aromatic heterocycles. The quantitative estimate of drug-likeness (QED) is 0.680. The largest absolute Gasteiger partial charge is 0.459 e. The zero-order valence-electron chi connectivity index (χ0n) is 13.8. The molecule has 0 aliphatic carbocycles.